The predicted octanol–water partition coefficient (Wildman–Crippen LogP) is 3.32. The molecular formula is C20H26N4O. The van der Waals surface area contributed by atoms with Crippen molar-refractivity contribution >= 4 is 28.6 Å². The summed E-state index contributed by atoms with van der Waals surface area (Å²) in [6.07, 6.45) is 6.07. The van der Waals surface area contributed by atoms with Gasteiger partial charge in [0, 0.05) is 24.7 Å². The molecule has 0 unspecified atom stereocenters. The number of primary amides is 1. The molecule has 0 saturated heterocycles. The Kier molecular flexibility index (Phi) is 7.14. The first kappa shape index (κ1) is 18.6. The standard InChI is InChI=1S/C20H26N4O/c1-15-7-8-17-13-18(10-9-16(17)12-15)19(24-22)14-23-11-5-3-2-4-6-20(21)25/h7-10,12-14H,2-6,11,22H2,1H3,(H2,21,25)/b23-14?,24-19+. The molecule has 132 valence electrons. The van der Waals surface area contributed by atoms with Crippen LogP contribution in [-0.4, -0.2) is 24.4 Å². The minimum atomic E-state index is -0.229. The van der Waals surface area contributed by atoms with E-state index in [9.17, 15) is 4.79 Å². The SMILES string of the molecule is Cc1ccc2cc(/C(C=NCCCCCCC(N)=O)=N/N)ccc2c1. The van der Waals surface area contributed by atoms with Crippen molar-refractivity contribution in [3.05, 3.63) is 47.5 Å². The van der Waals surface area contributed by atoms with E-state index in [0.29, 0.717) is 12.1 Å². The fourth-order valence-electron chi connectivity index (χ4n) is 2.71. The highest BCUT2D eigenvalue weighted by Crippen LogP contribution is 2.18. The molecule has 0 atom stereocenters. The Morgan fingerprint density at radius 3 is 2.52 bits per heavy atom. The number of rotatable bonds is 9. The number of hydrogen-bond acceptors (Lipinski definition) is 4. The van der Waals surface area contributed by atoms with Crippen LogP contribution in [0.25, 0.3) is 10.8 Å². The van der Waals surface area contributed by atoms with Gasteiger partial charge in [-0.2, -0.15) is 5.10 Å². The van der Waals surface area contributed by atoms with Crippen LogP contribution >= 0.6 is 0 Å². The Bertz CT molecular complexity index is 780. The van der Waals surface area contributed by atoms with Crippen LogP contribution in [0.5, 0.6) is 0 Å². The quantitative estimate of drug-likeness (QED) is 0.317. The van der Waals surface area contributed by atoms with Gasteiger partial charge < -0.3 is 11.6 Å². The summed E-state index contributed by atoms with van der Waals surface area (Å²) in [6, 6.07) is 12.5. The molecule has 2 aromatic carbocycles. The van der Waals surface area contributed by atoms with Crippen LogP contribution < -0.4 is 11.6 Å². The molecular weight excluding hydrogens is 312 g/mol. The number of unbranched alkanes of at least 4 members (excludes halogenated alkanes) is 3. The van der Waals surface area contributed by atoms with Gasteiger partial charge in [0.05, 0.1) is 0 Å². The molecule has 5 heteroatoms. The summed E-state index contributed by atoms with van der Waals surface area (Å²) in [7, 11) is 0. The molecule has 0 heterocycles. The van der Waals surface area contributed by atoms with E-state index in [4.69, 9.17) is 11.6 Å². The van der Waals surface area contributed by atoms with Gasteiger partial charge in [-0.05, 0) is 36.6 Å². The highest BCUT2D eigenvalue weighted by Gasteiger charge is 2.03. The largest absolute Gasteiger partial charge is 0.370 e. The number of carbonyl (C=O) groups excluding carboxylic acids is 1. The maximum Gasteiger partial charge on any atom is 0.217 e. The zero-order valence-electron chi connectivity index (χ0n) is 14.7. The van der Waals surface area contributed by atoms with Crippen LogP contribution in [0.4, 0.5) is 0 Å². The lowest BCUT2D eigenvalue weighted by Gasteiger charge is -2.04. The molecule has 0 fully saturated rings. The summed E-state index contributed by atoms with van der Waals surface area (Å²) in [5.41, 5.74) is 7.99. The number of hydrazone groups is 1. The number of nitrogens with two attached hydrogens (primary N) is 2. The van der Waals surface area contributed by atoms with E-state index in [1.807, 2.05) is 6.07 Å². The Balaban J connectivity index is 1.87. The second-order valence-corrected chi connectivity index (χ2v) is 6.25. The zero-order chi connectivity index (χ0) is 18.1. The summed E-state index contributed by atoms with van der Waals surface area (Å²) < 4.78 is 0. The highest BCUT2D eigenvalue weighted by molar-refractivity contribution is 6.38. The first-order chi connectivity index (χ1) is 12.1. The summed E-state index contributed by atoms with van der Waals surface area (Å²) in [4.78, 5) is 15.1. The number of carbonyl (C=O) groups is 1. The van der Waals surface area contributed by atoms with Crippen molar-refractivity contribution in [2.45, 2.75) is 39.0 Å². The monoisotopic (exact) mass is 338 g/mol. The lowest BCUT2D eigenvalue weighted by atomic mass is 10.0. The molecule has 5 nitrogen and oxygen atoms in total. The van der Waals surface area contributed by atoms with Crippen LogP contribution in [-0.2, 0) is 4.79 Å². The Morgan fingerprint density at radius 2 is 1.76 bits per heavy atom. The van der Waals surface area contributed by atoms with Crippen molar-refractivity contribution in [2.24, 2.45) is 21.7 Å². The smallest absolute Gasteiger partial charge is 0.217 e. The van der Waals surface area contributed by atoms with Crippen LogP contribution in [0.3, 0.4) is 0 Å². The highest BCUT2D eigenvalue weighted by atomic mass is 16.1. The number of aryl methyl sites for hydroxylation is 1. The molecule has 2 aromatic rings. The fourth-order valence-corrected chi connectivity index (χ4v) is 2.71. The molecule has 4 N–H and O–H groups in total. The van der Waals surface area contributed by atoms with Crippen LogP contribution in [0.1, 0.15) is 43.2 Å². The lowest BCUT2D eigenvalue weighted by Crippen LogP contribution is -2.09. The molecule has 0 bridgehead atoms. The number of hydrogen-bond donors (Lipinski definition) is 2. The van der Waals surface area contributed by atoms with Crippen LogP contribution in [0.2, 0.25) is 0 Å². The van der Waals surface area contributed by atoms with E-state index in [1.54, 1.807) is 6.21 Å². The molecule has 0 aromatic heterocycles. The number of fused-ring (bicyclic) bond motifs is 1. The molecule has 2 rings (SSSR count). The molecule has 0 aliphatic heterocycles. The Labute approximate surface area is 148 Å². The summed E-state index contributed by atoms with van der Waals surface area (Å²) in [5.74, 6) is 5.31. The first-order valence-corrected chi connectivity index (χ1v) is 8.67. The van der Waals surface area contributed by atoms with Crippen molar-refractivity contribution in [2.75, 3.05) is 6.54 Å². The number of benzene rings is 2. The summed E-state index contributed by atoms with van der Waals surface area (Å²) in [5, 5.41) is 6.23. The van der Waals surface area contributed by atoms with Crippen molar-refractivity contribution in [3.8, 4) is 0 Å². The van der Waals surface area contributed by atoms with E-state index in [0.717, 1.165) is 43.2 Å². The van der Waals surface area contributed by atoms with Gasteiger partial charge in [-0.25, -0.2) is 0 Å². The molecule has 0 spiro atoms. The maximum absolute atomic E-state index is 10.6. The maximum atomic E-state index is 10.6. The van der Waals surface area contributed by atoms with E-state index >= 15 is 0 Å². The van der Waals surface area contributed by atoms with Crippen molar-refractivity contribution in [1.29, 1.82) is 0 Å². The lowest BCUT2D eigenvalue weighted by molar-refractivity contribution is -0.118. The molecule has 0 aliphatic rings. The molecule has 25 heavy (non-hydrogen) atoms. The fraction of sp³-hybridized carbons (Fsp3) is 0.350. The number of nitrogens with zero attached hydrogens (tertiary/aromatic N) is 2. The van der Waals surface area contributed by atoms with Gasteiger partial charge in [0.15, 0.2) is 0 Å². The third-order valence-corrected chi connectivity index (χ3v) is 4.10. The van der Waals surface area contributed by atoms with Crippen molar-refractivity contribution < 1.29 is 4.79 Å². The topological polar surface area (TPSA) is 93.8 Å². The average molecular weight is 338 g/mol. The number of aliphatic imine (C=N–C) groups is 1. The first-order valence-electron chi connectivity index (χ1n) is 8.67. The Morgan fingerprint density at radius 1 is 1.04 bits per heavy atom. The molecule has 0 aliphatic carbocycles. The minimum absolute atomic E-state index is 0.229. The van der Waals surface area contributed by atoms with Gasteiger partial charge in [0.1, 0.15) is 5.71 Å². The van der Waals surface area contributed by atoms with Gasteiger partial charge >= 0.3 is 0 Å². The minimum Gasteiger partial charge on any atom is -0.370 e. The van der Waals surface area contributed by atoms with E-state index < -0.39 is 0 Å². The van der Waals surface area contributed by atoms with Gasteiger partial charge in [-0.1, -0.05) is 48.7 Å². The normalized spacial score (nSPS) is 12.1. The second kappa shape index (κ2) is 9.57. The third-order valence-electron chi connectivity index (χ3n) is 4.10. The summed E-state index contributed by atoms with van der Waals surface area (Å²) >= 11 is 0. The predicted molar refractivity (Wildman–Crippen MR) is 105 cm³/mol. The molecule has 0 radical (unpaired) electrons. The van der Waals surface area contributed by atoms with Crippen molar-refractivity contribution in [1.82, 2.24) is 0 Å². The van der Waals surface area contributed by atoms with Gasteiger partial charge in [0.25, 0.3) is 0 Å². The average Bonchev–Trinajstić information content (AvgIpc) is 2.60. The van der Waals surface area contributed by atoms with Gasteiger partial charge in [-0.15, -0.1) is 0 Å². The number of amides is 1. The van der Waals surface area contributed by atoms with Gasteiger partial charge in [-0.3, -0.25) is 9.79 Å². The zero-order valence-corrected chi connectivity index (χ0v) is 14.7. The van der Waals surface area contributed by atoms with Crippen LogP contribution in [0.15, 0.2) is 46.5 Å². The molecule has 0 saturated carbocycles. The third kappa shape index (κ3) is 6.03. The van der Waals surface area contributed by atoms with E-state index in [2.05, 4.69) is 47.3 Å². The molecule has 1 amide bonds. The Hall–Kier alpha value is -2.69. The van der Waals surface area contributed by atoms with Gasteiger partial charge in [0.2, 0.25) is 5.91 Å². The van der Waals surface area contributed by atoms with E-state index in [-0.39, 0.29) is 5.91 Å². The second-order valence-electron chi connectivity index (χ2n) is 6.25. The van der Waals surface area contributed by atoms with E-state index in [1.165, 1.54) is 10.9 Å². The van der Waals surface area contributed by atoms with Crippen LogP contribution in [0, 0.1) is 6.92 Å². The summed E-state index contributed by atoms with van der Waals surface area (Å²) in [6.45, 7) is 2.81. The van der Waals surface area contributed by atoms with Crippen molar-refractivity contribution in [3.63, 3.8) is 0 Å².